The Morgan fingerprint density at radius 3 is 2.71 bits per heavy atom. The minimum Gasteiger partial charge on any atom is -0.497 e. The van der Waals surface area contributed by atoms with Gasteiger partial charge >= 0.3 is 0 Å². The molecule has 9 nitrogen and oxygen atoms in total. The van der Waals surface area contributed by atoms with Gasteiger partial charge in [-0.05, 0) is 83.8 Å². The van der Waals surface area contributed by atoms with Gasteiger partial charge in [-0.1, -0.05) is 41.1 Å². The lowest BCUT2D eigenvalue weighted by molar-refractivity contribution is -0.140. The number of carbonyl (C=O) groups excluding carboxylic acids is 2. The normalized spacial score (nSPS) is 20.2. The number of nitrogens with zero attached hydrogens (tertiary/aromatic N) is 4. The molecule has 0 saturated carbocycles. The van der Waals surface area contributed by atoms with Gasteiger partial charge in [0.1, 0.15) is 23.3 Å². The van der Waals surface area contributed by atoms with Crippen LogP contribution in [0.2, 0.25) is 5.02 Å². The van der Waals surface area contributed by atoms with Crippen LogP contribution in [0.3, 0.4) is 0 Å². The first-order valence-corrected chi connectivity index (χ1v) is 14.3. The Labute approximate surface area is 243 Å². The summed E-state index contributed by atoms with van der Waals surface area (Å²) in [6.45, 7) is 1.53. The smallest absolute Gasteiger partial charge is 0.245 e. The molecule has 0 aliphatic carbocycles. The molecule has 2 aliphatic heterocycles. The van der Waals surface area contributed by atoms with Crippen LogP contribution < -0.4 is 15.4 Å². The molecule has 212 valence electrons. The first-order chi connectivity index (χ1) is 19.9. The van der Waals surface area contributed by atoms with Crippen LogP contribution in [0.25, 0.3) is 11.0 Å². The molecule has 6 rings (SSSR count). The van der Waals surface area contributed by atoms with Gasteiger partial charge in [-0.25, -0.2) is 4.68 Å². The van der Waals surface area contributed by atoms with Crippen molar-refractivity contribution in [3.8, 4) is 5.75 Å². The van der Waals surface area contributed by atoms with E-state index < -0.39 is 12.1 Å². The van der Waals surface area contributed by atoms with Crippen molar-refractivity contribution in [3.63, 3.8) is 0 Å². The standard InChI is InChI=1S/C31H33ClN6O3/c1-37-27-10-5-20(14-26(27)35-36-37)17-34-30(39)28-15-21(13-19-3-7-24(41-2)8-4-19)18-38(28)31(40)29-25-9-6-23(32)16-22(25)11-12-33-29/h3-10,14,16,21,28-29,33H,11-13,15,17-18H2,1-2H3,(H,34,39)/t21-,28+,29?/m1/s1. The van der Waals surface area contributed by atoms with Crippen molar-refractivity contribution in [1.29, 1.82) is 0 Å². The quantitative estimate of drug-likeness (QED) is 0.351. The Hall–Kier alpha value is -3.95. The van der Waals surface area contributed by atoms with Crippen molar-refractivity contribution >= 4 is 34.4 Å². The molecule has 1 aromatic heterocycles. The van der Waals surface area contributed by atoms with Crippen LogP contribution in [0.4, 0.5) is 0 Å². The number of benzene rings is 3. The van der Waals surface area contributed by atoms with Gasteiger partial charge in [0.2, 0.25) is 11.8 Å². The van der Waals surface area contributed by atoms with E-state index in [9.17, 15) is 9.59 Å². The summed E-state index contributed by atoms with van der Waals surface area (Å²) in [4.78, 5) is 29.5. The molecule has 3 atom stereocenters. The van der Waals surface area contributed by atoms with E-state index in [1.807, 2.05) is 67.7 Å². The maximum atomic E-state index is 14.1. The summed E-state index contributed by atoms with van der Waals surface area (Å²) in [6, 6.07) is 18.4. The Morgan fingerprint density at radius 2 is 1.90 bits per heavy atom. The first-order valence-electron chi connectivity index (χ1n) is 13.9. The zero-order valence-electron chi connectivity index (χ0n) is 23.1. The summed E-state index contributed by atoms with van der Waals surface area (Å²) in [7, 11) is 3.49. The predicted molar refractivity (Wildman–Crippen MR) is 157 cm³/mol. The van der Waals surface area contributed by atoms with E-state index >= 15 is 0 Å². The number of likely N-dealkylation sites (tertiary alicyclic amines) is 1. The van der Waals surface area contributed by atoms with Gasteiger partial charge in [0.15, 0.2) is 0 Å². The van der Waals surface area contributed by atoms with Crippen LogP contribution in [0.1, 0.15) is 34.7 Å². The van der Waals surface area contributed by atoms with E-state index in [1.165, 1.54) is 0 Å². The summed E-state index contributed by atoms with van der Waals surface area (Å²) < 4.78 is 7.01. The molecule has 4 aromatic rings. The van der Waals surface area contributed by atoms with E-state index in [-0.39, 0.29) is 17.7 Å². The monoisotopic (exact) mass is 572 g/mol. The predicted octanol–water partition coefficient (Wildman–Crippen LogP) is 3.59. The largest absolute Gasteiger partial charge is 0.497 e. The third kappa shape index (κ3) is 5.64. The van der Waals surface area contributed by atoms with E-state index in [2.05, 4.69) is 20.9 Å². The highest BCUT2D eigenvalue weighted by Gasteiger charge is 2.42. The fourth-order valence-electron chi connectivity index (χ4n) is 6.08. The lowest BCUT2D eigenvalue weighted by atomic mass is 9.93. The lowest BCUT2D eigenvalue weighted by Gasteiger charge is -2.32. The Bertz CT molecular complexity index is 1590. The molecule has 3 heterocycles. The third-order valence-electron chi connectivity index (χ3n) is 8.20. The van der Waals surface area contributed by atoms with Crippen molar-refractivity contribution < 1.29 is 14.3 Å². The fraction of sp³-hybridized carbons (Fsp3) is 0.355. The molecule has 1 fully saturated rings. The lowest BCUT2D eigenvalue weighted by Crippen LogP contribution is -2.50. The number of amides is 2. The van der Waals surface area contributed by atoms with Gasteiger partial charge in [-0.15, -0.1) is 5.10 Å². The highest BCUT2D eigenvalue weighted by molar-refractivity contribution is 6.30. The van der Waals surface area contributed by atoms with Gasteiger partial charge in [0, 0.05) is 31.7 Å². The second kappa shape index (κ2) is 11.5. The number of carbonyl (C=O) groups is 2. The number of fused-ring (bicyclic) bond motifs is 2. The molecule has 2 N–H and O–H groups in total. The Kier molecular flexibility index (Phi) is 7.64. The SMILES string of the molecule is COc1ccc(C[C@@H]2C[C@@H](C(=O)NCc3ccc4c(c3)nnn4C)N(C(=O)C3NCCc4cc(Cl)ccc43)C2)cc1. The van der Waals surface area contributed by atoms with Crippen molar-refractivity contribution in [1.82, 2.24) is 30.5 Å². The van der Waals surface area contributed by atoms with Gasteiger partial charge in [0.25, 0.3) is 0 Å². The van der Waals surface area contributed by atoms with Crippen LogP contribution in [-0.4, -0.2) is 57.9 Å². The average molecular weight is 573 g/mol. The van der Waals surface area contributed by atoms with Crippen molar-refractivity contribution in [2.45, 2.75) is 37.9 Å². The summed E-state index contributed by atoms with van der Waals surface area (Å²) in [5, 5.41) is 15.4. The van der Waals surface area contributed by atoms with Crippen molar-refractivity contribution in [2.24, 2.45) is 13.0 Å². The first kappa shape index (κ1) is 27.2. The highest BCUT2D eigenvalue weighted by Crippen LogP contribution is 2.33. The van der Waals surface area contributed by atoms with E-state index in [0.717, 1.165) is 51.9 Å². The summed E-state index contributed by atoms with van der Waals surface area (Å²) in [6.07, 6.45) is 2.16. The summed E-state index contributed by atoms with van der Waals surface area (Å²) >= 11 is 6.24. The molecule has 41 heavy (non-hydrogen) atoms. The molecule has 10 heteroatoms. The van der Waals surface area contributed by atoms with E-state index in [4.69, 9.17) is 16.3 Å². The number of aryl methyl sites for hydroxylation is 1. The van der Waals surface area contributed by atoms with E-state index in [1.54, 1.807) is 16.7 Å². The number of ether oxygens (including phenoxy) is 1. The number of rotatable bonds is 7. The van der Waals surface area contributed by atoms with Crippen LogP contribution in [0.5, 0.6) is 5.75 Å². The van der Waals surface area contributed by atoms with Crippen LogP contribution in [-0.2, 0) is 36.0 Å². The summed E-state index contributed by atoms with van der Waals surface area (Å²) in [5.41, 5.74) is 5.79. The number of halogens is 1. The Balaban J connectivity index is 1.22. The maximum absolute atomic E-state index is 14.1. The van der Waals surface area contributed by atoms with Gasteiger partial charge in [-0.3, -0.25) is 9.59 Å². The molecule has 2 aliphatic rings. The molecule has 1 saturated heterocycles. The third-order valence-corrected chi connectivity index (χ3v) is 8.44. The second-order valence-corrected chi connectivity index (χ2v) is 11.3. The molecular weight excluding hydrogens is 540 g/mol. The van der Waals surface area contributed by atoms with Crippen LogP contribution in [0.15, 0.2) is 60.7 Å². The van der Waals surface area contributed by atoms with Crippen LogP contribution >= 0.6 is 11.6 Å². The maximum Gasteiger partial charge on any atom is 0.245 e. The number of hydrogen-bond donors (Lipinski definition) is 2. The topological polar surface area (TPSA) is 101 Å². The van der Waals surface area contributed by atoms with Crippen LogP contribution in [0, 0.1) is 5.92 Å². The second-order valence-electron chi connectivity index (χ2n) is 10.9. The molecule has 1 unspecified atom stereocenters. The number of nitrogens with one attached hydrogen (secondary N) is 2. The number of hydrogen-bond acceptors (Lipinski definition) is 6. The highest BCUT2D eigenvalue weighted by atomic mass is 35.5. The average Bonchev–Trinajstić information content (AvgIpc) is 3.58. The van der Waals surface area contributed by atoms with Crippen molar-refractivity contribution in [3.05, 3.63) is 87.9 Å². The fourth-order valence-corrected chi connectivity index (χ4v) is 6.28. The molecule has 3 aromatic carbocycles. The molecule has 0 spiro atoms. The zero-order chi connectivity index (χ0) is 28.5. The number of aromatic nitrogens is 3. The summed E-state index contributed by atoms with van der Waals surface area (Å²) in [5.74, 6) is 0.719. The minimum absolute atomic E-state index is 0.0772. The van der Waals surface area contributed by atoms with Crippen molar-refractivity contribution in [2.75, 3.05) is 20.2 Å². The molecule has 0 bridgehead atoms. The van der Waals surface area contributed by atoms with E-state index in [0.29, 0.717) is 31.1 Å². The molecule has 0 radical (unpaired) electrons. The Morgan fingerprint density at radius 1 is 1.10 bits per heavy atom. The van der Waals surface area contributed by atoms with Gasteiger partial charge in [0.05, 0.1) is 12.6 Å². The molecule has 2 amide bonds. The number of methoxy groups -OCH3 is 1. The minimum atomic E-state index is -0.564. The van der Waals surface area contributed by atoms with Gasteiger partial charge < -0.3 is 20.3 Å². The van der Waals surface area contributed by atoms with Gasteiger partial charge in [-0.2, -0.15) is 0 Å². The molecular formula is C31H33ClN6O3. The zero-order valence-corrected chi connectivity index (χ0v) is 23.9.